The van der Waals surface area contributed by atoms with E-state index in [1.165, 1.54) is 11.3 Å². The van der Waals surface area contributed by atoms with Crippen LogP contribution >= 0.6 is 34.5 Å². The van der Waals surface area contributed by atoms with E-state index in [1.807, 2.05) is 11.4 Å². The smallest absolute Gasteiger partial charge is 0.224 e. The van der Waals surface area contributed by atoms with Crippen LogP contribution in [0.4, 0.5) is 0 Å². The Hall–Kier alpha value is -1.10. The van der Waals surface area contributed by atoms with Crippen molar-refractivity contribution in [3.8, 4) is 11.3 Å². The lowest BCUT2D eigenvalue weighted by molar-refractivity contribution is -0.117. The molecule has 2 aromatic rings. The zero-order valence-electron chi connectivity index (χ0n) is 8.61. The van der Waals surface area contributed by atoms with E-state index >= 15 is 0 Å². The lowest BCUT2D eigenvalue weighted by Gasteiger charge is -1.99. The van der Waals surface area contributed by atoms with Gasteiger partial charge in [0, 0.05) is 10.9 Å². The van der Waals surface area contributed by atoms with Gasteiger partial charge < -0.3 is 5.73 Å². The minimum absolute atomic E-state index is 0.159. The highest BCUT2D eigenvalue weighted by atomic mass is 35.5. The van der Waals surface area contributed by atoms with E-state index in [0.29, 0.717) is 15.1 Å². The van der Waals surface area contributed by atoms with E-state index in [-0.39, 0.29) is 12.3 Å². The standard InChI is InChI=1S/C11H8Cl2N2OS/c12-7-2-1-6(3-8(7)13)9-5-17-11(15-9)4-10(14)16/h1-3,5H,4H2,(H2,14,16). The fourth-order valence-corrected chi connectivity index (χ4v) is 2.44. The number of hydrogen-bond acceptors (Lipinski definition) is 3. The van der Waals surface area contributed by atoms with Crippen molar-refractivity contribution in [3.63, 3.8) is 0 Å². The van der Waals surface area contributed by atoms with Crippen LogP contribution in [0.2, 0.25) is 10.0 Å². The first-order valence-corrected chi connectivity index (χ1v) is 6.38. The molecule has 0 spiro atoms. The highest BCUT2D eigenvalue weighted by molar-refractivity contribution is 7.10. The van der Waals surface area contributed by atoms with Gasteiger partial charge in [0.05, 0.1) is 22.2 Å². The number of primary amides is 1. The van der Waals surface area contributed by atoms with Crippen LogP contribution < -0.4 is 5.73 Å². The van der Waals surface area contributed by atoms with Crippen molar-refractivity contribution in [2.24, 2.45) is 5.73 Å². The molecular weight excluding hydrogens is 279 g/mol. The summed E-state index contributed by atoms with van der Waals surface area (Å²) in [5.74, 6) is -0.389. The Labute approximate surface area is 112 Å². The topological polar surface area (TPSA) is 56.0 Å². The number of carbonyl (C=O) groups excluding carboxylic acids is 1. The van der Waals surface area contributed by atoms with Gasteiger partial charge in [0.1, 0.15) is 5.01 Å². The normalized spacial score (nSPS) is 10.5. The average molecular weight is 287 g/mol. The van der Waals surface area contributed by atoms with Crippen LogP contribution in [-0.2, 0) is 11.2 Å². The molecule has 0 fully saturated rings. The maximum absolute atomic E-state index is 10.8. The molecule has 0 saturated heterocycles. The number of thiazole rings is 1. The molecule has 0 radical (unpaired) electrons. The van der Waals surface area contributed by atoms with Crippen LogP contribution in [0.3, 0.4) is 0 Å². The molecule has 2 rings (SSSR count). The molecule has 0 bridgehead atoms. The summed E-state index contributed by atoms with van der Waals surface area (Å²) in [4.78, 5) is 15.1. The highest BCUT2D eigenvalue weighted by Crippen LogP contribution is 2.29. The minimum Gasteiger partial charge on any atom is -0.369 e. The van der Waals surface area contributed by atoms with Crippen LogP contribution in [0.5, 0.6) is 0 Å². The first kappa shape index (κ1) is 12.4. The molecule has 1 aromatic heterocycles. The summed E-state index contributed by atoms with van der Waals surface area (Å²) >= 11 is 13.2. The summed E-state index contributed by atoms with van der Waals surface area (Å²) in [5.41, 5.74) is 6.74. The fraction of sp³-hybridized carbons (Fsp3) is 0.0909. The lowest BCUT2D eigenvalue weighted by atomic mass is 10.2. The number of halogens is 2. The Morgan fingerprint density at radius 2 is 2.12 bits per heavy atom. The summed E-state index contributed by atoms with van der Waals surface area (Å²) in [6.07, 6.45) is 0.159. The van der Waals surface area contributed by atoms with Crippen molar-refractivity contribution in [2.75, 3.05) is 0 Å². The van der Waals surface area contributed by atoms with Gasteiger partial charge in [-0.1, -0.05) is 29.3 Å². The molecule has 2 N–H and O–H groups in total. The van der Waals surface area contributed by atoms with Crippen LogP contribution in [0.1, 0.15) is 5.01 Å². The number of carbonyl (C=O) groups is 1. The Kier molecular flexibility index (Phi) is 3.66. The number of nitrogens with zero attached hydrogens (tertiary/aromatic N) is 1. The third-order valence-corrected chi connectivity index (χ3v) is 3.68. The molecule has 3 nitrogen and oxygen atoms in total. The molecule has 0 saturated carbocycles. The third-order valence-electron chi connectivity index (χ3n) is 2.09. The van der Waals surface area contributed by atoms with Crippen molar-refractivity contribution in [3.05, 3.63) is 38.6 Å². The molecule has 0 aliphatic carbocycles. The first-order valence-electron chi connectivity index (χ1n) is 4.74. The molecule has 0 unspecified atom stereocenters. The average Bonchev–Trinajstić information content (AvgIpc) is 2.69. The van der Waals surface area contributed by atoms with E-state index < -0.39 is 0 Å². The molecule has 1 aromatic carbocycles. The molecule has 88 valence electrons. The predicted molar refractivity (Wildman–Crippen MR) is 70.5 cm³/mol. The molecule has 0 atom stereocenters. The monoisotopic (exact) mass is 286 g/mol. The van der Waals surface area contributed by atoms with Gasteiger partial charge >= 0.3 is 0 Å². The van der Waals surface area contributed by atoms with E-state index in [0.717, 1.165) is 11.3 Å². The van der Waals surface area contributed by atoms with E-state index in [1.54, 1.807) is 12.1 Å². The molecule has 6 heteroatoms. The second-order valence-corrected chi connectivity index (χ2v) is 5.16. The minimum atomic E-state index is -0.389. The van der Waals surface area contributed by atoms with Gasteiger partial charge in [0.2, 0.25) is 5.91 Å². The second kappa shape index (κ2) is 5.04. The predicted octanol–water partition coefficient (Wildman–Crippen LogP) is 3.14. The second-order valence-electron chi connectivity index (χ2n) is 3.40. The summed E-state index contributed by atoms with van der Waals surface area (Å²) < 4.78 is 0. The summed E-state index contributed by atoms with van der Waals surface area (Å²) in [6.45, 7) is 0. The number of aromatic nitrogens is 1. The maximum Gasteiger partial charge on any atom is 0.224 e. The number of benzene rings is 1. The van der Waals surface area contributed by atoms with Gasteiger partial charge in [0.15, 0.2) is 0 Å². The van der Waals surface area contributed by atoms with Crippen molar-refractivity contribution in [2.45, 2.75) is 6.42 Å². The van der Waals surface area contributed by atoms with E-state index in [2.05, 4.69) is 4.98 Å². The molecule has 0 aliphatic heterocycles. The zero-order valence-corrected chi connectivity index (χ0v) is 10.9. The molecular formula is C11H8Cl2N2OS. The van der Waals surface area contributed by atoms with Crippen molar-refractivity contribution < 1.29 is 4.79 Å². The van der Waals surface area contributed by atoms with Gasteiger partial charge in [0.25, 0.3) is 0 Å². The Bertz CT molecular complexity index is 568. The lowest BCUT2D eigenvalue weighted by Crippen LogP contribution is -2.13. The van der Waals surface area contributed by atoms with Crippen LogP contribution in [0.25, 0.3) is 11.3 Å². The molecule has 17 heavy (non-hydrogen) atoms. The first-order chi connectivity index (χ1) is 8.06. The summed E-state index contributed by atoms with van der Waals surface area (Å²) in [5, 5.41) is 3.54. The van der Waals surface area contributed by atoms with Gasteiger partial charge in [-0.25, -0.2) is 4.98 Å². The van der Waals surface area contributed by atoms with E-state index in [4.69, 9.17) is 28.9 Å². The Balaban J connectivity index is 2.30. The van der Waals surface area contributed by atoms with Crippen molar-refractivity contribution in [1.82, 2.24) is 4.98 Å². The fourth-order valence-electron chi connectivity index (χ4n) is 1.33. The SMILES string of the molecule is NC(=O)Cc1nc(-c2ccc(Cl)c(Cl)c2)cs1. The molecule has 1 heterocycles. The van der Waals surface area contributed by atoms with Gasteiger partial charge in [-0.15, -0.1) is 11.3 Å². The Morgan fingerprint density at radius 3 is 2.76 bits per heavy atom. The summed E-state index contributed by atoms with van der Waals surface area (Å²) in [6, 6.07) is 5.29. The quantitative estimate of drug-likeness (QED) is 0.942. The van der Waals surface area contributed by atoms with E-state index in [9.17, 15) is 4.79 Å². The number of hydrogen-bond donors (Lipinski definition) is 1. The molecule has 0 aliphatic rings. The third kappa shape index (κ3) is 2.97. The van der Waals surface area contributed by atoms with Crippen LogP contribution in [0.15, 0.2) is 23.6 Å². The Morgan fingerprint density at radius 1 is 1.35 bits per heavy atom. The number of nitrogens with two attached hydrogens (primary N) is 1. The van der Waals surface area contributed by atoms with Gasteiger partial charge in [-0.3, -0.25) is 4.79 Å². The number of rotatable bonds is 3. The van der Waals surface area contributed by atoms with Gasteiger partial charge in [-0.2, -0.15) is 0 Å². The van der Waals surface area contributed by atoms with Crippen molar-refractivity contribution in [1.29, 1.82) is 0 Å². The zero-order chi connectivity index (χ0) is 12.4. The highest BCUT2D eigenvalue weighted by Gasteiger charge is 2.08. The molecule has 1 amide bonds. The summed E-state index contributed by atoms with van der Waals surface area (Å²) in [7, 11) is 0. The number of amides is 1. The maximum atomic E-state index is 10.8. The van der Waals surface area contributed by atoms with Crippen LogP contribution in [0, 0.1) is 0 Å². The van der Waals surface area contributed by atoms with Crippen LogP contribution in [-0.4, -0.2) is 10.9 Å². The van der Waals surface area contributed by atoms with Crippen molar-refractivity contribution >= 4 is 40.4 Å². The van der Waals surface area contributed by atoms with Gasteiger partial charge in [-0.05, 0) is 12.1 Å². The largest absolute Gasteiger partial charge is 0.369 e.